The van der Waals surface area contributed by atoms with E-state index in [1.165, 1.54) is 4.88 Å². The fourth-order valence-corrected chi connectivity index (χ4v) is 2.62. The van der Waals surface area contributed by atoms with E-state index < -0.39 is 7.12 Å². The summed E-state index contributed by atoms with van der Waals surface area (Å²) in [6, 6.07) is 11.0. The normalized spacial score (nSPS) is 10.9. The first-order valence-electron chi connectivity index (χ1n) is 6.95. The average Bonchev–Trinajstić information content (AvgIpc) is 2.99. The van der Waals surface area contributed by atoms with Crippen molar-refractivity contribution in [1.82, 2.24) is 4.90 Å². The van der Waals surface area contributed by atoms with Gasteiger partial charge in [-0.25, -0.2) is 0 Å². The summed E-state index contributed by atoms with van der Waals surface area (Å²) in [4.78, 5) is 3.65. The van der Waals surface area contributed by atoms with Crippen molar-refractivity contribution < 1.29 is 14.8 Å². The highest BCUT2D eigenvalue weighted by atomic mass is 32.1. The molecular weight excluding hydrogens is 285 g/mol. The van der Waals surface area contributed by atoms with Gasteiger partial charge >= 0.3 is 7.12 Å². The van der Waals surface area contributed by atoms with Crippen molar-refractivity contribution in [2.75, 3.05) is 26.7 Å². The predicted molar refractivity (Wildman–Crippen MR) is 87.3 cm³/mol. The van der Waals surface area contributed by atoms with Crippen LogP contribution in [0.3, 0.4) is 0 Å². The van der Waals surface area contributed by atoms with Crippen LogP contribution >= 0.6 is 11.3 Å². The molecule has 1 aromatic carbocycles. The van der Waals surface area contributed by atoms with Crippen LogP contribution < -0.4 is 10.2 Å². The van der Waals surface area contributed by atoms with Gasteiger partial charge in [0.15, 0.2) is 0 Å². The summed E-state index contributed by atoms with van der Waals surface area (Å²) in [5, 5.41) is 20.1. The highest BCUT2D eigenvalue weighted by Gasteiger charge is 2.09. The van der Waals surface area contributed by atoms with E-state index in [0.29, 0.717) is 12.1 Å². The van der Waals surface area contributed by atoms with Gasteiger partial charge < -0.3 is 19.7 Å². The zero-order chi connectivity index (χ0) is 15.1. The van der Waals surface area contributed by atoms with Crippen LogP contribution in [0, 0.1) is 0 Å². The number of ether oxygens (including phenoxy) is 1. The zero-order valence-electron chi connectivity index (χ0n) is 12.1. The summed E-state index contributed by atoms with van der Waals surface area (Å²) in [5.74, 6) is 0.742. The molecule has 4 nitrogen and oxygen atoms in total. The second kappa shape index (κ2) is 8.19. The van der Waals surface area contributed by atoms with E-state index >= 15 is 0 Å². The van der Waals surface area contributed by atoms with Crippen LogP contribution in [0.5, 0.6) is 5.75 Å². The summed E-state index contributed by atoms with van der Waals surface area (Å²) in [7, 11) is 0.657. The van der Waals surface area contributed by atoms with Crippen molar-refractivity contribution in [3.8, 4) is 5.75 Å². The maximum atomic E-state index is 9.01. The number of nitrogens with zero attached hydrogens (tertiary/aromatic N) is 1. The summed E-state index contributed by atoms with van der Waals surface area (Å²) < 4.78 is 5.65. The Morgan fingerprint density at radius 3 is 2.52 bits per heavy atom. The molecule has 0 unspecified atom stereocenters. The summed E-state index contributed by atoms with van der Waals surface area (Å²) >= 11 is 1.79. The van der Waals surface area contributed by atoms with Crippen LogP contribution in [0.15, 0.2) is 41.8 Å². The number of hydrogen-bond acceptors (Lipinski definition) is 5. The maximum Gasteiger partial charge on any atom is 0.488 e. The average molecular weight is 305 g/mol. The van der Waals surface area contributed by atoms with Crippen LogP contribution in [-0.2, 0) is 6.42 Å². The monoisotopic (exact) mass is 305 g/mol. The Labute approximate surface area is 129 Å². The van der Waals surface area contributed by atoms with E-state index in [2.05, 4.69) is 29.5 Å². The Hall–Kier alpha value is -1.34. The fourth-order valence-electron chi connectivity index (χ4n) is 1.92. The first-order chi connectivity index (χ1) is 10.1. The van der Waals surface area contributed by atoms with E-state index in [1.807, 2.05) is 0 Å². The minimum atomic E-state index is -1.43. The van der Waals surface area contributed by atoms with Crippen LogP contribution in [0.4, 0.5) is 0 Å². The number of thiophene rings is 1. The van der Waals surface area contributed by atoms with Crippen molar-refractivity contribution in [2.45, 2.75) is 6.42 Å². The third kappa shape index (κ3) is 5.51. The van der Waals surface area contributed by atoms with Gasteiger partial charge in [-0.15, -0.1) is 11.3 Å². The quantitative estimate of drug-likeness (QED) is 0.714. The van der Waals surface area contributed by atoms with Crippen LogP contribution in [0.2, 0.25) is 0 Å². The molecule has 0 saturated heterocycles. The van der Waals surface area contributed by atoms with E-state index in [4.69, 9.17) is 14.8 Å². The molecule has 0 aliphatic heterocycles. The molecule has 1 aromatic heterocycles. The van der Waals surface area contributed by atoms with Crippen molar-refractivity contribution in [3.05, 3.63) is 46.7 Å². The van der Waals surface area contributed by atoms with Crippen LogP contribution in [0.1, 0.15) is 4.88 Å². The Morgan fingerprint density at radius 1 is 1.14 bits per heavy atom. The van der Waals surface area contributed by atoms with Gasteiger partial charge in [-0.05, 0) is 42.5 Å². The number of benzene rings is 1. The molecule has 0 spiro atoms. The van der Waals surface area contributed by atoms with Gasteiger partial charge in [0.25, 0.3) is 0 Å². The molecule has 2 N–H and O–H groups in total. The lowest BCUT2D eigenvalue weighted by Gasteiger charge is -2.16. The Kier molecular flexibility index (Phi) is 6.26. The maximum absolute atomic E-state index is 9.01. The lowest BCUT2D eigenvalue weighted by atomic mass is 9.80. The van der Waals surface area contributed by atoms with Gasteiger partial charge in [-0.3, -0.25) is 0 Å². The first kappa shape index (κ1) is 16.0. The van der Waals surface area contributed by atoms with Gasteiger partial charge in [0, 0.05) is 18.0 Å². The molecule has 21 heavy (non-hydrogen) atoms. The van der Waals surface area contributed by atoms with Gasteiger partial charge in [0.05, 0.1) is 0 Å². The highest BCUT2D eigenvalue weighted by Crippen LogP contribution is 2.10. The van der Waals surface area contributed by atoms with E-state index in [0.717, 1.165) is 25.3 Å². The molecule has 112 valence electrons. The molecule has 0 fully saturated rings. The lowest BCUT2D eigenvalue weighted by molar-refractivity contribution is 0.239. The first-order valence-corrected chi connectivity index (χ1v) is 7.83. The van der Waals surface area contributed by atoms with Gasteiger partial charge in [0.2, 0.25) is 0 Å². The molecule has 0 saturated carbocycles. The molecular formula is C15H20BNO3S. The zero-order valence-corrected chi connectivity index (χ0v) is 12.9. The minimum absolute atomic E-state index is 0.468. The topological polar surface area (TPSA) is 52.9 Å². The summed E-state index contributed by atoms with van der Waals surface area (Å²) in [6.07, 6.45) is 1.07. The molecule has 0 atom stereocenters. The van der Waals surface area contributed by atoms with Crippen LogP contribution in [-0.4, -0.2) is 48.8 Å². The Bertz CT molecular complexity index is 516. The van der Waals surface area contributed by atoms with Gasteiger partial charge in [-0.2, -0.15) is 0 Å². The molecule has 2 rings (SSSR count). The lowest BCUT2D eigenvalue weighted by Crippen LogP contribution is -2.29. The van der Waals surface area contributed by atoms with E-state index in [1.54, 1.807) is 35.6 Å². The molecule has 0 aliphatic rings. The molecule has 0 bridgehead atoms. The van der Waals surface area contributed by atoms with Crippen molar-refractivity contribution in [1.29, 1.82) is 0 Å². The third-order valence-electron chi connectivity index (χ3n) is 3.24. The third-order valence-corrected chi connectivity index (χ3v) is 4.18. The second-order valence-corrected chi connectivity index (χ2v) is 5.96. The second-order valence-electron chi connectivity index (χ2n) is 4.92. The predicted octanol–water partition coefficient (Wildman–Crippen LogP) is 0.981. The van der Waals surface area contributed by atoms with E-state index in [-0.39, 0.29) is 0 Å². The number of rotatable bonds is 8. The Morgan fingerprint density at radius 2 is 1.90 bits per heavy atom. The van der Waals surface area contributed by atoms with Gasteiger partial charge in [0.1, 0.15) is 12.4 Å². The fraction of sp³-hybridized carbons (Fsp3) is 0.333. The van der Waals surface area contributed by atoms with Crippen molar-refractivity contribution >= 4 is 23.9 Å². The molecule has 0 aliphatic carbocycles. The SMILES string of the molecule is CN(CCOc1ccc(B(O)O)cc1)CCc1cccs1. The van der Waals surface area contributed by atoms with Crippen molar-refractivity contribution in [3.63, 3.8) is 0 Å². The summed E-state index contributed by atoms with van der Waals surface area (Å²) in [5.41, 5.74) is 0.468. The number of hydrogen-bond donors (Lipinski definition) is 2. The smallest absolute Gasteiger partial charge is 0.488 e. The molecule has 0 radical (unpaired) electrons. The molecule has 2 aromatic rings. The highest BCUT2D eigenvalue weighted by molar-refractivity contribution is 7.09. The van der Waals surface area contributed by atoms with Gasteiger partial charge in [-0.1, -0.05) is 18.2 Å². The molecule has 6 heteroatoms. The number of likely N-dealkylation sites (N-methyl/N-ethyl adjacent to an activating group) is 1. The Balaban J connectivity index is 1.66. The van der Waals surface area contributed by atoms with E-state index in [9.17, 15) is 0 Å². The minimum Gasteiger partial charge on any atom is -0.492 e. The van der Waals surface area contributed by atoms with Crippen molar-refractivity contribution in [2.24, 2.45) is 0 Å². The molecule has 1 heterocycles. The standard InChI is InChI=1S/C15H20BNO3S/c1-17(9-8-15-3-2-12-21-15)10-11-20-14-6-4-13(5-7-14)16(18)19/h2-7,12,18-19H,8-11H2,1H3. The summed E-state index contributed by atoms with van der Waals surface area (Å²) in [6.45, 7) is 2.48. The molecule has 0 amide bonds. The largest absolute Gasteiger partial charge is 0.492 e. The van der Waals surface area contributed by atoms with Crippen LogP contribution in [0.25, 0.3) is 0 Å².